The van der Waals surface area contributed by atoms with Gasteiger partial charge in [-0.3, -0.25) is 9.59 Å². The summed E-state index contributed by atoms with van der Waals surface area (Å²) in [6, 6.07) is 12.6. The number of piperazine rings is 1. The molecule has 1 saturated carbocycles. The molecule has 4 heterocycles. The molecule has 8 rings (SSSR count). The van der Waals surface area contributed by atoms with Gasteiger partial charge in [-0.1, -0.05) is 6.07 Å². The predicted molar refractivity (Wildman–Crippen MR) is 171 cm³/mol. The van der Waals surface area contributed by atoms with Gasteiger partial charge in [0.1, 0.15) is 17.3 Å². The molecular weight excluding hydrogens is 561 g/mol. The summed E-state index contributed by atoms with van der Waals surface area (Å²) in [5, 5.41) is 3.18. The number of ketones is 1. The standard InChI is InChI=1S/C34H36FN5O2S/c1-38-11-13-40(14-12-38)26-8-10-32(36-19-26)37-29-16-25(20-39(2)34(29)42)23-7-9-28(35)24(15-23)17-30(41)31-18-27-21-3-5-22(6-4-21)33(27)43-31/h7-10,15-16,18-22H,3-6,11-14,17H2,1-2H3,(H,36,37). The number of aryl methyl sites for hydroxylation is 1. The van der Waals surface area contributed by atoms with Crippen LogP contribution in [0.3, 0.4) is 0 Å². The van der Waals surface area contributed by atoms with Crippen molar-refractivity contribution in [2.24, 2.45) is 7.05 Å². The largest absolute Gasteiger partial charge is 0.368 e. The van der Waals surface area contributed by atoms with Gasteiger partial charge in [0.25, 0.3) is 5.56 Å². The summed E-state index contributed by atoms with van der Waals surface area (Å²) >= 11 is 1.62. The fourth-order valence-electron chi connectivity index (χ4n) is 6.82. The maximum Gasteiger partial charge on any atom is 0.274 e. The van der Waals surface area contributed by atoms with E-state index in [4.69, 9.17) is 0 Å². The Bertz CT molecular complexity index is 1700. The average molecular weight is 598 g/mol. The molecule has 2 fully saturated rings. The van der Waals surface area contributed by atoms with Gasteiger partial charge in [-0.25, -0.2) is 9.37 Å². The number of fused-ring (bicyclic) bond motifs is 2. The van der Waals surface area contributed by atoms with Crippen molar-refractivity contribution in [3.05, 3.63) is 91.9 Å². The SMILES string of the molecule is CN1CCN(c2ccc(Nc3cc(-c4ccc(F)c(CC(=O)c5cc6c(s5)C5CCC6CC5)c4)cn(C)c3=O)nc2)CC1. The number of carbonyl (C=O) groups excluding carboxylic acids is 1. The van der Waals surface area contributed by atoms with E-state index in [0.717, 1.165) is 47.9 Å². The Morgan fingerprint density at radius 1 is 0.977 bits per heavy atom. The normalized spacial score (nSPS) is 19.8. The van der Waals surface area contributed by atoms with E-state index in [9.17, 15) is 14.0 Å². The highest BCUT2D eigenvalue weighted by Crippen LogP contribution is 2.52. The quantitative estimate of drug-likeness (QED) is 0.251. The van der Waals surface area contributed by atoms with Crippen LogP contribution in [0.5, 0.6) is 0 Å². The van der Waals surface area contributed by atoms with Crippen molar-refractivity contribution in [2.75, 3.05) is 43.4 Å². The van der Waals surface area contributed by atoms with E-state index >= 15 is 0 Å². The summed E-state index contributed by atoms with van der Waals surface area (Å²) in [5.74, 6) is 1.30. The molecule has 1 aromatic carbocycles. The van der Waals surface area contributed by atoms with Crippen LogP contribution in [0.15, 0.2) is 59.7 Å². The van der Waals surface area contributed by atoms with Crippen molar-refractivity contribution in [3.63, 3.8) is 0 Å². The number of anilines is 3. The number of nitrogens with zero attached hydrogens (tertiary/aromatic N) is 4. The van der Waals surface area contributed by atoms with E-state index in [2.05, 4.69) is 33.2 Å². The molecule has 0 spiro atoms. The Hall–Kier alpha value is -3.82. The van der Waals surface area contributed by atoms with Crippen LogP contribution in [0.2, 0.25) is 0 Å². The van der Waals surface area contributed by atoms with Crippen LogP contribution in [0.1, 0.15) is 63.2 Å². The second-order valence-corrected chi connectivity index (χ2v) is 13.3. The van der Waals surface area contributed by atoms with Gasteiger partial charge in [-0.05, 0) is 97.7 Å². The molecule has 222 valence electrons. The lowest BCUT2D eigenvalue weighted by Gasteiger charge is -2.35. The highest BCUT2D eigenvalue weighted by atomic mass is 32.1. The fraction of sp³-hybridized carbons (Fsp3) is 0.382. The zero-order chi connectivity index (χ0) is 29.7. The highest BCUT2D eigenvalue weighted by molar-refractivity contribution is 7.14. The number of halogens is 1. The minimum Gasteiger partial charge on any atom is -0.368 e. The first-order chi connectivity index (χ1) is 20.8. The second kappa shape index (κ2) is 11.4. The van der Waals surface area contributed by atoms with Crippen LogP contribution in [-0.4, -0.2) is 53.5 Å². The minimum atomic E-state index is -0.397. The molecule has 1 N–H and O–H groups in total. The van der Waals surface area contributed by atoms with E-state index < -0.39 is 5.82 Å². The van der Waals surface area contributed by atoms with Crippen molar-refractivity contribution < 1.29 is 9.18 Å². The number of hydrogen-bond donors (Lipinski definition) is 1. The molecule has 4 aliphatic rings. The number of Topliss-reactive ketones (excluding diaryl/α,β-unsaturated/α-hetero) is 1. The van der Waals surface area contributed by atoms with Crippen LogP contribution < -0.4 is 15.8 Å². The van der Waals surface area contributed by atoms with E-state index in [1.807, 2.05) is 18.3 Å². The zero-order valence-corrected chi connectivity index (χ0v) is 25.4. The van der Waals surface area contributed by atoms with Crippen molar-refractivity contribution >= 4 is 34.3 Å². The lowest BCUT2D eigenvalue weighted by Crippen LogP contribution is -2.44. The number of carbonyl (C=O) groups is 1. The topological polar surface area (TPSA) is 70.5 Å². The number of pyridine rings is 2. The van der Waals surface area contributed by atoms with Crippen LogP contribution in [0.25, 0.3) is 11.1 Å². The number of rotatable bonds is 7. The summed E-state index contributed by atoms with van der Waals surface area (Å²) in [4.78, 5) is 37.7. The molecule has 0 atom stereocenters. The van der Waals surface area contributed by atoms with Crippen LogP contribution in [0, 0.1) is 5.82 Å². The molecule has 2 bridgehead atoms. The van der Waals surface area contributed by atoms with Gasteiger partial charge in [0.15, 0.2) is 5.78 Å². The summed E-state index contributed by atoms with van der Waals surface area (Å²) in [6.07, 6.45) is 8.45. The van der Waals surface area contributed by atoms with Crippen LogP contribution >= 0.6 is 11.3 Å². The minimum absolute atomic E-state index is 0.00877. The molecule has 0 amide bonds. The molecule has 0 unspecified atom stereocenters. The molecule has 43 heavy (non-hydrogen) atoms. The highest BCUT2D eigenvalue weighted by Gasteiger charge is 2.35. The first-order valence-electron chi connectivity index (χ1n) is 15.2. The van der Waals surface area contributed by atoms with Crippen LogP contribution in [0.4, 0.5) is 21.6 Å². The summed E-state index contributed by atoms with van der Waals surface area (Å²) < 4.78 is 16.5. The number of hydrogen-bond acceptors (Lipinski definition) is 7. The monoisotopic (exact) mass is 597 g/mol. The molecule has 4 aromatic rings. The van der Waals surface area contributed by atoms with Gasteiger partial charge >= 0.3 is 0 Å². The average Bonchev–Trinajstić information content (AvgIpc) is 3.50. The number of thiophene rings is 1. The van der Waals surface area contributed by atoms with E-state index in [-0.39, 0.29) is 17.8 Å². The molecule has 3 aliphatic carbocycles. The van der Waals surface area contributed by atoms with E-state index in [1.165, 1.54) is 46.8 Å². The Morgan fingerprint density at radius 3 is 2.47 bits per heavy atom. The number of aromatic nitrogens is 2. The number of benzene rings is 1. The van der Waals surface area contributed by atoms with Gasteiger partial charge in [0.05, 0.1) is 16.8 Å². The summed E-state index contributed by atoms with van der Waals surface area (Å²) in [5.41, 5.74) is 4.45. The van der Waals surface area contributed by atoms with Crippen molar-refractivity contribution in [2.45, 2.75) is 43.9 Å². The molecule has 1 saturated heterocycles. The number of likely N-dealkylation sites (N-methyl/N-ethyl adjacent to an activating group) is 1. The summed E-state index contributed by atoms with van der Waals surface area (Å²) in [7, 11) is 3.82. The Kier molecular flexibility index (Phi) is 7.39. The number of nitrogens with one attached hydrogen (secondary N) is 1. The third-order valence-electron chi connectivity index (χ3n) is 9.40. The van der Waals surface area contributed by atoms with Crippen LogP contribution in [-0.2, 0) is 13.5 Å². The molecular formula is C34H36FN5O2S. The van der Waals surface area contributed by atoms with Crippen molar-refractivity contribution in [1.82, 2.24) is 14.5 Å². The summed E-state index contributed by atoms with van der Waals surface area (Å²) in [6.45, 7) is 3.93. The molecule has 7 nitrogen and oxygen atoms in total. The molecule has 3 aromatic heterocycles. The first-order valence-corrected chi connectivity index (χ1v) is 16.0. The van der Waals surface area contributed by atoms with Gasteiger partial charge in [0.2, 0.25) is 0 Å². The van der Waals surface area contributed by atoms with Crippen molar-refractivity contribution in [1.29, 1.82) is 0 Å². The van der Waals surface area contributed by atoms with Gasteiger partial charge in [-0.15, -0.1) is 11.3 Å². The van der Waals surface area contributed by atoms with Crippen molar-refractivity contribution in [3.8, 4) is 11.1 Å². The predicted octanol–water partition coefficient (Wildman–Crippen LogP) is 6.32. The Morgan fingerprint density at radius 2 is 1.74 bits per heavy atom. The maximum atomic E-state index is 15.0. The Labute approximate surface area is 255 Å². The zero-order valence-electron chi connectivity index (χ0n) is 24.6. The first kappa shape index (κ1) is 28.0. The third-order valence-corrected chi connectivity index (χ3v) is 10.8. The van der Waals surface area contributed by atoms with E-state index in [0.29, 0.717) is 28.9 Å². The van der Waals surface area contributed by atoms with Gasteiger partial charge < -0.3 is 19.7 Å². The molecule has 1 aliphatic heterocycles. The second-order valence-electron chi connectivity index (χ2n) is 12.3. The Balaban J connectivity index is 1.10. The lowest BCUT2D eigenvalue weighted by molar-refractivity contribution is 0.0995. The fourth-order valence-corrected chi connectivity index (χ4v) is 8.17. The van der Waals surface area contributed by atoms with Gasteiger partial charge in [0, 0.05) is 56.3 Å². The lowest BCUT2D eigenvalue weighted by atomic mass is 9.71. The maximum absolute atomic E-state index is 15.0. The molecule has 0 radical (unpaired) electrons. The smallest absolute Gasteiger partial charge is 0.274 e. The third kappa shape index (κ3) is 5.52. The van der Waals surface area contributed by atoms with Gasteiger partial charge in [-0.2, -0.15) is 0 Å². The molecule has 9 heteroatoms. The van der Waals surface area contributed by atoms with E-state index in [1.54, 1.807) is 42.8 Å².